The average molecular weight is 276 g/mol. The predicted octanol–water partition coefficient (Wildman–Crippen LogP) is 1.52. The van der Waals surface area contributed by atoms with Crippen LogP contribution in [-0.4, -0.2) is 53.6 Å². The number of nitrogens with zero attached hydrogens (tertiary/aromatic N) is 2. The summed E-state index contributed by atoms with van der Waals surface area (Å²) in [4.78, 5) is 16.0. The van der Waals surface area contributed by atoms with E-state index in [1.807, 2.05) is 47.1 Å². The summed E-state index contributed by atoms with van der Waals surface area (Å²) in [6, 6.07) is 9.96. The Morgan fingerprint density at radius 2 is 2.05 bits per heavy atom. The lowest BCUT2D eigenvalue weighted by Crippen LogP contribution is -2.41. The van der Waals surface area contributed by atoms with Crippen LogP contribution in [0.4, 0.5) is 0 Å². The zero-order chi connectivity index (χ0) is 14.8. The van der Waals surface area contributed by atoms with Gasteiger partial charge in [0.15, 0.2) is 0 Å². The minimum Gasteiger partial charge on any atom is -0.395 e. The van der Waals surface area contributed by atoms with Gasteiger partial charge in [0.2, 0.25) is 5.91 Å². The Bertz CT molecular complexity index is 406. The number of hydrogen-bond donors (Lipinski definition) is 1. The van der Waals surface area contributed by atoms with Gasteiger partial charge in [-0.15, -0.1) is 6.58 Å². The maximum atomic E-state index is 12.3. The van der Waals surface area contributed by atoms with Crippen LogP contribution in [0.5, 0.6) is 0 Å². The number of benzene rings is 1. The monoisotopic (exact) mass is 276 g/mol. The minimum atomic E-state index is 0.0475. The van der Waals surface area contributed by atoms with Crippen molar-refractivity contribution in [3.63, 3.8) is 0 Å². The third-order valence-electron chi connectivity index (χ3n) is 3.11. The molecule has 1 amide bonds. The fourth-order valence-corrected chi connectivity index (χ4v) is 2.03. The molecule has 20 heavy (non-hydrogen) atoms. The summed E-state index contributed by atoms with van der Waals surface area (Å²) in [6.45, 7) is 8.40. The highest BCUT2D eigenvalue weighted by atomic mass is 16.3. The van der Waals surface area contributed by atoms with Gasteiger partial charge in [-0.25, -0.2) is 0 Å². The highest BCUT2D eigenvalue weighted by molar-refractivity contribution is 5.78. The third kappa shape index (κ3) is 5.55. The highest BCUT2D eigenvalue weighted by Crippen LogP contribution is 2.05. The van der Waals surface area contributed by atoms with Crippen molar-refractivity contribution in [2.45, 2.75) is 13.5 Å². The first-order valence-electron chi connectivity index (χ1n) is 6.97. The van der Waals surface area contributed by atoms with Gasteiger partial charge in [0, 0.05) is 26.2 Å². The lowest BCUT2D eigenvalue weighted by Gasteiger charge is -2.25. The number of carbonyl (C=O) groups excluding carboxylic acids is 1. The van der Waals surface area contributed by atoms with Gasteiger partial charge in [-0.2, -0.15) is 0 Å². The lowest BCUT2D eigenvalue weighted by molar-refractivity contribution is -0.132. The number of aliphatic hydroxyl groups excluding tert-OH is 1. The van der Waals surface area contributed by atoms with Crippen LogP contribution in [0.25, 0.3) is 0 Å². The lowest BCUT2D eigenvalue weighted by atomic mass is 10.2. The Morgan fingerprint density at radius 1 is 1.35 bits per heavy atom. The molecule has 0 unspecified atom stereocenters. The van der Waals surface area contributed by atoms with Crippen LogP contribution < -0.4 is 0 Å². The molecule has 0 atom stereocenters. The fourth-order valence-electron chi connectivity index (χ4n) is 2.03. The van der Waals surface area contributed by atoms with Crippen LogP contribution in [-0.2, 0) is 11.3 Å². The molecule has 0 saturated carbocycles. The fraction of sp³-hybridized carbons (Fsp3) is 0.438. The van der Waals surface area contributed by atoms with Crippen molar-refractivity contribution in [1.82, 2.24) is 9.80 Å². The minimum absolute atomic E-state index is 0.0475. The molecule has 0 fully saturated rings. The van der Waals surface area contributed by atoms with Crippen molar-refractivity contribution in [3.05, 3.63) is 48.6 Å². The largest absolute Gasteiger partial charge is 0.395 e. The molecule has 1 aromatic carbocycles. The van der Waals surface area contributed by atoms with Gasteiger partial charge < -0.3 is 10.0 Å². The second-order valence-electron chi connectivity index (χ2n) is 4.64. The normalized spacial score (nSPS) is 10.6. The van der Waals surface area contributed by atoms with Crippen molar-refractivity contribution >= 4 is 5.91 Å². The molecule has 0 radical (unpaired) electrons. The SMILES string of the molecule is C=CCN(CCO)CC(=O)N(CC)Cc1ccccc1. The molecule has 0 aliphatic heterocycles. The van der Waals surface area contributed by atoms with Crippen molar-refractivity contribution in [2.75, 3.05) is 32.8 Å². The molecule has 4 heteroatoms. The van der Waals surface area contributed by atoms with E-state index in [0.717, 1.165) is 5.56 Å². The van der Waals surface area contributed by atoms with Crippen LogP contribution in [0, 0.1) is 0 Å². The van der Waals surface area contributed by atoms with Gasteiger partial charge in [0.05, 0.1) is 13.2 Å². The zero-order valence-electron chi connectivity index (χ0n) is 12.2. The molecule has 0 aliphatic rings. The third-order valence-corrected chi connectivity index (χ3v) is 3.11. The van der Waals surface area contributed by atoms with Gasteiger partial charge >= 0.3 is 0 Å². The van der Waals surface area contributed by atoms with Gasteiger partial charge in [0.25, 0.3) is 0 Å². The molecule has 1 N–H and O–H groups in total. The first-order chi connectivity index (χ1) is 9.71. The van der Waals surface area contributed by atoms with E-state index in [-0.39, 0.29) is 12.5 Å². The summed E-state index contributed by atoms with van der Waals surface area (Å²) in [5, 5.41) is 9.01. The molecule has 0 saturated heterocycles. The maximum Gasteiger partial charge on any atom is 0.237 e. The van der Waals surface area contributed by atoms with Crippen molar-refractivity contribution in [2.24, 2.45) is 0 Å². The van der Waals surface area contributed by atoms with Crippen molar-refractivity contribution < 1.29 is 9.90 Å². The molecule has 0 spiro atoms. The molecule has 0 aromatic heterocycles. The molecule has 0 heterocycles. The van der Waals surface area contributed by atoms with E-state index in [4.69, 9.17) is 5.11 Å². The first-order valence-corrected chi connectivity index (χ1v) is 6.97. The zero-order valence-corrected chi connectivity index (χ0v) is 12.2. The van der Waals surface area contributed by atoms with Gasteiger partial charge in [-0.05, 0) is 12.5 Å². The Kier molecular flexibility index (Phi) is 7.62. The number of hydrogen-bond acceptors (Lipinski definition) is 3. The summed E-state index contributed by atoms with van der Waals surface area (Å²) in [7, 11) is 0. The molecule has 1 aromatic rings. The summed E-state index contributed by atoms with van der Waals surface area (Å²) in [5.74, 6) is 0.0756. The van der Waals surface area contributed by atoms with Crippen LogP contribution in [0.3, 0.4) is 0 Å². The van der Waals surface area contributed by atoms with E-state index in [1.54, 1.807) is 6.08 Å². The smallest absolute Gasteiger partial charge is 0.237 e. The van der Waals surface area contributed by atoms with Gasteiger partial charge in [0.1, 0.15) is 0 Å². The Labute approximate surface area is 121 Å². The average Bonchev–Trinajstić information content (AvgIpc) is 2.46. The van der Waals surface area contributed by atoms with E-state index in [0.29, 0.717) is 32.7 Å². The number of rotatable bonds is 9. The predicted molar refractivity (Wildman–Crippen MR) is 81.3 cm³/mol. The van der Waals surface area contributed by atoms with Gasteiger partial charge in [-0.3, -0.25) is 9.69 Å². The van der Waals surface area contributed by atoms with Crippen LogP contribution in [0.2, 0.25) is 0 Å². The topological polar surface area (TPSA) is 43.8 Å². The second kappa shape index (κ2) is 9.28. The molecular weight excluding hydrogens is 252 g/mol. The Balaban J connectivity index is 2.59. The molecule has 1 rings (SSSR count). The van der Waals surface area contributed by atoms with Gasteiger partial charge in [-0.1, -0.05) is 36.4 Å². The molecule has 0 bridgehead atoms. The Morgan fingerprint density at radius 3 is 2.60 bits per heavy atom. The van der Waals surface area contributed by atoms with Crippen molar-refractivity contribution in [3.8, 4) is 0 Å². The van der Waals surface area contributed by atoms with E-state index in [1.165, 1.54) is 0 Å². The standard InChI is InChI=1S/C16H24N2O2/c1-3-10-17(11-12-19)14-16(20)18(4-2)13-15-8-6-5-7-9-15/h3,5-9,19H,1,4,10-14H2,2H3. The number of amides is 1. The van der Waals surface area contributed by atoms with Crippen LogP contribution in [0.15, 0.2) is 43.0 Å². The first kappa shape index (κ1) is 16.4. The molecular formula is C16H24N2O2. The molecule has 110 valence electrons. The van der Waals surface area contributed by atoms with Crippen LogP contribution in [0.1, 0.15) is 12.5 Å². The quantitative estimate of drug-likeness (QED) is 0.695. The summed E-state index contributed by atoms with van der Waals surface area (Å²) in [6.07, 6.45) is 1.75. The molecule has 4 nitrogen and oxygen atoms in total. The number of carbonyl (C=O) groups is 1. The molecule has 0 aliphatic carbocycles. The van der Waals surface area contributed by atoms with E-state index >= 15 is 0 Å². The maximum absolute atomic E-state index is 12.3. The summed E-state index contributed by atoms with van der Waals surface area (Å²) >= 11 is 0. The number of likely N-dealkylation sites (N-methyl/N-ethyl adjacent to an activating group) is 1. The summed E-state index contributed by atoms with van der Waals surface area (Å²) in [5.41, 5.74) is 1.13. The highest BCUT2D eigenvalue weighted by Gasteiger charge is 2.15. The van der Waals surface area contributed by atoms with Crippen LogP contribution >= 0.6 is 0 Å². The van der Waals surface area contributed by atoms with E-state index < -0.39 is 0 Å². The van der Waals surface area contributed by atoms with E-state index in [9.17, 15) is 4.79 Å². The summed E-state index contributed by atoms with van der Waals surface area (Å²) < 4.78 is 0. The number of aliphatic hydroxyl groups is 1. The second-order valence-corrected chi connectivity index (χ2v) is 4.64. The van der Waals surface area contributed by atoms with Crippen molar-refractivity contribution in [1.29, 1.82) is 0 Å². The Hall–Kier alpha value is -1.65. The van der Waals surface area contributed by atoms with E-state index in [2.05, 4.69) is 6.58 Å².